The molecule has 1 aromatic carbocycles. The maximum absolute atomic E-state index is 11.9. The van der Waals surface area contributed by atoms with Crippen molar-refractivity contribution in [3.05, 3.63) is 52.2 Å². The molecule has 2 rings (SSSR count). The Hall–Kier alpha value is -2.80. The van der Waals surface area contributed by atoms with Gasteiger partial charge in [0.1, 0.15) is 11.5 Å². The average molecular weight is 375 g/mol. The van der Waals surface area contributed by atoms with E-state index in [2.05, 4.69) is 5.32 Å². The molecule has 138 valence electrons. The van der Waals surface area contributed by atoms with Gasteiger partial charge in [0.25, 0.3) is 5.91 Å². The van der Waals surface area contributed by atoms with Crippen LogP contribution in [0.3, 0.4) is 0 Å². The van der Waals surface area contributed by atoms with Crippen LogP contribution in [0.15, 0.2) is 41.8 Å². The number of esters is 1. The van der Waals surface area contributed by atoms with E-state index in [1.165, 1.54) is 6.08 Å². The molecule has 0 aliphatic heterocycles. The second kappa shape index (κ2) is 9.62. The van der Waals surface area contributed by atoms with Crippen molar-refractivity contribution in [2.75, 3.05) is 20.8 Å². The molecule has 0 saturated carbocycles. The minimum atomic E-state index is -0.606. The third-order valence-corrected chi connectivity index (χ3v) is 4.53. The van der Waals surface area contributed by atoms with Gasteiger partial charge < -0.3 is 19.5 Å². The highest BCUT2D eigenvalue weighted by molar-refractivity contribution is 7.10. The van der Waals surface area contributed by atoms with Crippen molar-refractivity contribution in [2.24, 2.45) is 0 Å². The molecule has 1 heterocycles. The van der Waals surface area contributed by atoms with Crippen LogP contribution in [0.5, 0.6) is 11.5 Å². The van der Waals surface area contributed by atoms with Gasteiger partial charge >= 0.3 is 5.97 Å². The van der Waals surface area contributed by atoms with E-state index in [0.717, 1.165) is 4.88 Å². The van der Waals surface area contributed by atoms with E-state index >= 15 is 0 Å². The second-order valence-corrected chi connectivity index (χ2v) is 6.37. The lowest BCUT2D eigenvalue weighted by Gasteiger charge is -2.11. The van der Waals surface area contributed by atoms with Gasteiger partial charge in [-0.3, -0.25) is 4.79 Å². The Kier molecular flexibility index (Phi) is 7.23. The summed E-state index contributed by atoms with van der Waals surface area (Å²) in [5.41, 5.74) is 0.717. The van der Waals surface area contributed by atoms with Crippen molar-refractivity contribution in [1.29, 1.82) is 0 Å². The fourth-order valence-electron chi connectivity index (χ4n) is 2.17. The molecule has 0 fully saturated rings. The van der Waals surface area contributed by atoms with Crippen LogP contribution in [0.25, 0.3) is 6.08 Å². The van der Waals surface area contributed by atoms with Gasteiger partial charge in [0, 0.05) is 17.0 Å². The van der Waals surface area contributed by atoms with E-state index in [9.17, 15) is 9.59 Å². The summed E-state index contributed by atoms with van der Waals surface area (Å²) in [5, 5.41) is 4.72. The van der Waals surface area contributed by atoms with Crippen molar-refractivity contribution in [3.8, 4) is 11.5 Å². The molecule has 6 nitrogen and oxygen atoms in total. The molecular formula is C19H21NO5S. The standard InChI is InChI=1S/C19H21NO5S/c1-13(17-5-4-8-26-17)20-18(21)12-25-19(22)7-6-14-9-15(23-2)11-16(10-14)24-3/h4-11,13H,12H2,1-3H3,(H,20,21)/b7-6+/t13-/m0/s1. The quantitative estimate of drug-likeness (QED) is 0.567. The predicted molar refractivity (Wildman–Crippen MR) is 100 cm³/mol. The number of hydrogen-bond donors (Lipinski definition) is 1. The SMILES string of the molecule is COc1cc(/C=C/C(=O)OCC(=O)N[C@@H](C)c2cccs2)cc(OC)c1. The van der Waals surface area contributed by atoms with Gasteiger partial charge in [0.05, 0.1) is 20.3 Å². The number of hydrogen-bond acceptors (Lipinski definition) is 6. The Morgan fingerprint density at radius 1 is 1.19 bits per heavy atom. The molecule has 0 radical (unpaired) electrons. The third-order valence-electron chi connectivity index (χ3n) is 3.48. The number of nitrogens with one attached hydrogen (secondary N) is 1. The van der Waals surface area contributed by atoms with E-state index in [1.807, 2.05) is 24.4 Å². The van der Waals surface area contributed by atoms with Crippen LogP contribution in [0.2, 0.25) is 0 Å². The highest BCUT2D eigenvalue weighted by atomic mass is 32.1. The van der Waals surface area contributed by atoms with Crippen LogP contribution in [-0.2, 0) is 14.3 Å². The predicted octanol–water partition coefficient (Wildman–Crippen LogP) is 3.20. The number of methoxy groups -OCH3 is 2. The normalized spacial score (nSPS) is 11.8. The monoisotopic (exact) mass is 375 g/mol. The van der Waals surface area contributed by atoms with E-state index in [1.54, 1.807) is 49.8 Å². The first-order valence-corrected chi connectivity index (χ1v) is 8.80. The Balaban J connectivity index is 1.84. The Bertz CT molecular complexity index is 748. The number of carbonyl (C=O) groups is 2. The Morgan fingerprint density at radius 3 is 2.46 bits per heavy atom. The van der Waals surface area contributed by atoms with Crippen LogP contribution in [0, 0.1) is 0 Å². The maximum Gasteiger partial charge on any atom is 0.331 e. The van der Waals surface area contributed by atoms with E-state index in [0.29, 0.717) is 17.1 Å². The molecule has 1 amide bonds. The summed E-state index contributed by atoms with van der Waals surface area (Å²) in [6.07, 6.45) is 2.82. The highest BCUT2D eigenvalue weighted by Crippen LogP contribution is 2.23. The Labute approximate surface area is 156 Å². The van der Waals surface area contributed by atoms with Crippen molar-refractivity contribution < 1.29 is 23.8 Å². The van der Waals surface area contributed by atoms with Gasteiger partial charge in [-0.15, -0.1) is 11.3 Å². The molecule has 0 bridgehead atoms. The molecule has 0 aliphatic carbocycles. The van der Waals surface area contributed by atoms with E-state index in [-0.39, 0.29) is 18.6 Å². The zero-order valence-corrected chi connectivity index (χ0v) is 15.7. The number of rotatable bonds is 8. The smallest absolute Gasteiger partial charge is 0.331 e. The first kappa shape index (κ1) is 19.5. The highest BCUT2D eigenvalue weighted by Gasteiger charge is 2.11. The van der Waals surface area contributed by atoms with Crippen LogP contribution >= 0.6 is 11.3 Å². The zero-order valence-electron chi connectivity index (χ0n) is 14.9. The van der Waals surface area contributed by atoms with Crippen LogP contribution in [-0.4, -0.2) is 32.7 Å². The molecule has 7 heteroatoms. The second-order valence-electron chi connectivity index (χ2n) is 5.39. The number of thiophene rings is 1. The number of ether oxygens (including phenoxy) is 3. The van der Waals surface area contributed by atoms with Gasteiger partial charge in [-0.1, -0.05) is 6.07 Å². The first-order chi connectivity index (χ1) is 12.5. The summed E-state index contributed by atoms with van der Waals surface area (Å²) in [6, 6.07) is 8.97. The van der Waals surface area contributed by atoms with Crippen LogP contribution in [0.4, 0.5) is 0 Å². The molecule has 0 unspecified atom stereocenters. The van der Waals surface area contributed by atoms with Gasteiger partial charge in [-0.2, -0.15) is 0 Å². The van der Waals surface area contributed by atoms with Gasteiger partial charge in [-0.25, -0.2) is 4.79 Å². The summed E-state index contributed by atoms with van der Waals surface area (Å²) >= 11 is 1.55. The molecule has 2 aromatic rings. The minimum absolute atomic E-state index is 0.124. The van der Waals surface area contributed by atoms with Gasteiger partial charge in [0.2, 0.25) is 0 Å². The molecule has 0 aliphatic rings. The minimum Gasteiger partial charge on any atom is -0.497 e. The molecule has 1 aromatic heterocycles. The summed E-state index contributed by atoms with van der Waals surface area (Å²) < 4.78 is 15.3. The molecule has 1 N–H and O–H groups in total. The van der Waals surface area contributed by atoms with E-state index < -0.39 is 5.97 Å². The Morgan fingerprint density at radius 2 is 1.88 bits per heavy atom. The molecule has 0 spiro atoms. The lowest BCUT2D eigenvalue weighted by Crippen LogP contribution is -2.30. The largest absolute Gasteiger partial charge is 0.497 e. The topological polar surface area (TPSA) is 73.9 Å². The van der Waals surface area contributed by atoms with Crippen molar-refractivity contribution in [1.82, 2.24) is 5.32 Å². The zero-order chi connectivity index (χ0) is 18.9. The average Bonchev–Trinajstić information content (AvgIpc) is 3.19. The molecular weight excluding hydrogens is 354 g/mol. The fourth-order valence-corrected chi connectivity index (χ4v) is 2.90. The molecule has 1 atom stereocenters. The summed E-state index contributed by atoms with van der Waals surface area (Å²) in [4.78, 5) is 24.7. The third kappa shape index (κ3) is 5.93. The number of amides is 1. The van der Waals surface area contributed by atoms with Gasteiger partial charge in [0.15, 0.2) is 6.61 Å². The summed E-state index contributed by atoms with van der Waals surface area (Å²) in [7, 11) is 3.10. The lowest BCUT2D eigenvalue weighted by molar-refractivity contribution is -0.144. The van der Waals surface area contributed by atoms with Crippen molar-refractivity contribution in [2.45, 2.75) is 13.0 Å². The van der Waals surface area contributed by atoms with E-state index in [4.69, 9.17) is 14.2 Å². The molecule has 26 heavy (non-hydrogen) atoms. The maximum atomic E-state index is 11.9. The van der Waals surface area contributed by atoms with Gasteiger partial charge in [-0.05, 0) is 42.1 Å². The summed E-state index contributed by atoms with van der Waals surface area (Å²) in [5.74, 6) is 0.264. The lowest BCUT2D eigenvalue weighted by atomic mass is 10.2. The number of carbonyl (C=O) groups excluding carboxylic acids is 2. The first-order valence-electron chi connectivity index (χ1n) is 7.92. The van der Waals surface area contributed by atoms with Crippen molar-refractivity contribution in [3.63, 3.8) is 0 Å². The number of benzene rings is 1. The fraction of sp³-hybridized carbons (Fsp3) is 0.263. The summed E-state index contributed by atoms with van der Waals surface area (Å²) in [6.45, 7) is 1.54. The van der Waals surface area contributed by atoms with Crippen LogP contribution in [0.1, 0.15) is 23.4 Å². The van der Waals surface area contributed by atoms with Crippen molar-refractivity contribution >= 4 is 29.3 Å². The van der Waals surface area contributed by atoms with Crippen LogP contribution < -0.4 is 14.8 Å². The molecule has 0 saturated heterocycles.